The number of nitrogens with two attached hydrogens (primary N) is 1. The SMILES string of the molecule is COC(=O)C(N)Cc1ccc(O)cc1C(F)(F)F. The van der Waals surface area contributed by atoms with Crippen molar-refractivity contribution in [1.29, 1.82) is 0 Å². The molecule has 0 bridgehead atoms. The van der Waals surface area contributed by atoms with Crippen molar-refractivity contribution < 1.29 is 27.8 Å². The fourth-order valence-corrected chi connectivity index (χ4v) is 1.48. The molecule has 1 atom stereocenters. The molecule has 0 aliphatic carbocycles. The molecule has 0 aromatic heterocycles. The van der Waals surface area contributed by atoms with Crippen LogP contribution < -0.4 is 5.73 Å². The highest BCUT2D eigenvalue weighted by atomic mass is 19.4. The van der Waals surface area contributed by atoms with Crippen LogP contribution in [-0.2, 0) is 22.1 Å². The van der Waals surface area contributed by atoms with Crippen molar-refractivity contribution in [2.24, 2.45) is 5.73 Å². The van der Waals surface area contributed by atoms with Crippen LogP contribution in [0, 0.1) is 0 Å². The van der Waals surface area contributed by atoms with E-state index in [-0.39, 0.29) is 12.0 Å². The number of alkyl halides is 3. The quantitative estimate of drug-likeness (QED) is 0.810. The molecule has 0 radical (unpaired) electrons. The lowest BCUT2D eigenvalue weighted by molar-refractivity contribution is -0.143. The van der Waals surface area contributed by atoms with Gasteiger partial charge in [-0.1, -0.05) is 6.07 Å². The van der Waals surface area contributed by atoms with Crippen molar-refractivity contribution >= 4 is 5.97 Å². The van der Waals surface area contributed by atoms with Crippen molar-refractivity contribution in [2.75, 3.05) is 7.11 Å². The molecule has 7 heteroatoms. The molecule has 0 aliphatic rings. The van der Waals surface area contributed by atoms with Gasteiger partial charge in [0.05, 0.1) is 12.7 Å². The van der Waals surface area contributed by atoms with E-state index in [0.29, 0.717) is 6.07 Å². The molecule has 0 spiro atoms. The lowest BCUT2D eigenvalue weighted by Crippen LogP contribution is -2.34. The van der Waals surface area contributed by atoms with E-state index in [1.54, 1.807) is 0 Å². The second-order valence-corrected chi connectivity index (χ2v) is 3.67. The lowest BCUT2D eigenvalue weighted by atomic mass is 10.00. The minimum absolute atomic E-state index is 0.168. The molecule has 1 unspecified atom stereocenters. The van der Waals surface area contributed by atoms with Gasteiger partial charge in [0.2, 0.25) is 0 Å². The molecule has 0 aliphatic heterocycles. The summed E-state index contributed by atoms with van der Waals surface area (Å²) in [5.74, 6) is -1.30. The number of carbonyl (C=O) groups excluding carboxylic acids is 1. The summed E-state index contributed by atoms with van der Waals surface area (Å²) in [6.45, 7) is 0. The molecule has 1 rings (SSSR count). The van der Waals surface area contributed by atoms with E-state index in [1.165, 1.54) is 0 Å². The Kier molecular flexibility index (Phi) is 4.18. The van der Waals surface area contributed by atoms with Gasteiger partial charge in [-0.15, -0.1) is 0 Å². The molecule has 1 aromatic carbocycles. The molecule has 0 fully saturated rings. The van der Waals surface area contributed by atoms with Crippen LogP contribution in [0.4, 0.5) is 13.2 Å². The molecule has 0 saturated heterocycles. The fourth-order valence-electron chi connectivity index (χ4n) is 1.48. The second kappa shape index (κ2) is 5.26. The number of hydrogen-bond acceptors (Lipinski definition) is 4. The highest BCUT2D eigenvalue weighted by molar-refractivity contribution is 5.75. The van der Waals surface area contributed by atoms with Crippen LogP contribution in [0.5, 0.6) is 5.75 Å². The summed E-state index contributed by atoms with van der Waals surface area (Å²) in [5, 5.41) is 9.07. The summed E-state index contributed by atoms with van der Waals surface area (Å²) in [6, 6.07) is 1.61. The van der Waals surface area contributed by atoms with Gasteiger partial charge < -0.3 is 15.6 Å². The van der Waals surface area contributed by atoms with Crippen molar-refractivity contribution in [1.82, 2.24) is 0 Å². The van der Waals surface area contributed by atoms with E-state index >= 15 is 0 Å². The third-order valence-electron chi connectivity index (χ3n) is 2.34. The lowest BCUT2D eigenvalue weighted by Gasteiger charge is -2.15. The van der Waals surface area contributed by atoms with Gasteiger partial charge in [0.1, 0.15) is 11.8 Å². The number of carbonyl (C=O) groups is 1. The van der Waals surface area contributed by atoms with E-state index < -0.39 is 29.5 Å². The number of phenolic OH excluding ortho intramolecular Hbond substituents is 1. The number of hydrogen-bond donors (Lipinski definition) is 2. The number of phenols is 1. The Labute approximate surface area is 101 Å². The van der Waals surface area contributed by atoms with Crippen LogP contribution >= 0.6 is 0 Å². The number of halogens is 3. The van der Waals surface area contributed by atoms with E-state index in [4.69, 9.17) is 10.8 Å². The molecule has 4 nitrogen and oxygen atoms in total. The standard InChI is InChI=1S/C11H12F3NO3/c1-18-10(17)9(15)4-6-2-3-7(16)5-8(6)11(12,13)14/h2-3,5,9,16H,4,15H2,1H3. The zero-order valence-electron chi connectivity index (χ0n) is 9.49. The van der Waals surface area contributed by atoms with Gasteiger partial charge in [-0.2, -0.15) is 13.2 Å². The number of ether oxygens (including phenoxy) is 1. The third-order valence-corrected chi connectivity index (χ3v) is 2.34. The first-order valence-corrected chi connectivity index (χ1v) is 4.98. The topological polar surface area (TPSA) is 72.5 Å². The van der Waals surface area contributed by atoms with Crippen LogP contribution in [0.3, 0.4) is 0 Å². The molecular weight excluding hydrogens is 251 g/mol. The monoisotopic (exact) mass is 263 g/mol. The average Bonchev–Trinajstić information content (AvgIpc) is 2.28. The number of benzene rings is 1. The zero-order valence-corrected chi connectivity index (χ0v) is 9.49. The van der Waals surface area contributed by atoms with Crippen LogP contribution in [0.25, 0.3) is 0 Å². The van der Waals surface area contributed by atoms with E-state index in [2.05, 4.69) is 4.74 Å². The minimum Gasteiger partial charge on any atom is -0.508 e. The van der Waals surface area contributed by atoms with Crippen LogP contribution in [0.1, 0.15) is 11.1 Å². The number of methoxy groups -OCH3 is 1. The van der Waals surface area contributed by atoms with Crippen LogP contribution in [0.2, 0.25) is 0 Å². The van der Waals surface area contributed by atoms with E-state index in [0.717, 1.165) is 19.2 Å². The Morgan fingerprint density at radius 3 is 2.61 bits per heavy atom. The van der Waals surface area contributed by atoms with Crippen molar-refractivity contribution in [3.05, 3.63) is 29.3 Å². The van der Waals surface area contributed by atoms with E-state index in [9.17, 15) is 18.0 Å². The predicted octanol–water partition coefficient (Wildman–Crippen LogP) is 1.45. The fraction of sp³-hybridized carbons (Fsp3) is 0.364. The third kappa shape index (κ3) is 3.36. The van der Waals surface area contributed by atoms with Crippen molar-refractivity contribution in [2.45, 2.75) is 18.6 Å². The summed E-state index contributed by atoms with van der Waals surface area (Å²) < 4.78 is 42.4. The Hall–Kier alpha value is -1.76. The second-order valence-electron chi connectivity index (χ2n) is 3.67. The van der Waals surface area contributed by atoms with Gasteiger partial charge in [0.25, 0.3) is 0 Å². The zero-order chi connectivity index (χ0) is 13.9. The first kappa shape index (κ1) is 14.3. The van der Waals surface area contributed by atoms with Gasteiger partial charge >= 0.3 is 12.1 Å². The Bertz CT molecular complexity index is 446. The number of aromatic hydroxyl groups is 1. The van der Waals surface area contributed by atoms with Crippen LogP contribution in [0.15, 0.2) is 18.2 Å². The maximum atomic E-state index is 12.7. The van der Waals surface area contributed by atoms with Crippen molar-refractivity contribution in [3.8, 4) is 5.75 Å². The first-order chi connectivity index (χ1) is 8.25. The molecule has 0 heterocycles. The molecular formula is C11H12F3NO3. The highest BCUT2D eigenvalue weighted by Gasteiger charge is 2.34. The van der Waals surface area contributed by atoms with Gasteiger partial charge in [-0.3, -0.25) is 4.79 Å². The molecule has 18 heavy (non-hydrogen) atoms. The highest BCUT2D eigenvalue weighted by Crippen LogP contribution is 2.34. The Balaban J connectivity index is 3.06. The number of esters is 1. The predicted molar refractivity (Wildman–Crippen MR) is 56.8 cm³/mol. The Morgan fingerprint density at radius 1 is 1.50 bits per heavy atom. The smallest absolute Gasteiger partial charge is 0.416 e. The largest absolute Gasteiger partial charge is 0.508 e. The summed E-state index contributed by atoms with van der Waals surface area (Å²) >= 11 is 0. The number of rotatable bonds is 3. The van der Waals surface area contributed by atoms with Crippen LogP contribution in [-0.4, -0.2) is 24.2 Å². The average molecular weight is 263 g/mol. The van der Waals surface area contributed by atoms with Gasteiger partial charge in [-0.05, 0) is 24.1 Å². The molecule has 0 saturated carbocycles. The summed E-state index contributed by atoms with van der Waals surface area (Å²) in [7, 11) is 1.10. The summed E-state index contributed by atoms with van der Waals surface area (Å²) in [4.78, 5) is 11.1. The molecule has 3 N–H and O–H groups in total. The maximum Gasteiger partial charge on any atom is 0.416 e. The van der Waals surface area contributed by atoms with Gasteiger partial charge in [0.15, 0.2) is 0 Å². The van der Waals surface area contributed by atoms with Gasteiger partial charge in [-0.25, -0.2) is 0 Å². The van der Waals surface area contributed by atoms with E-state index in [1.807, 2.05) is 0 Å². The van der Waals surface area contributed by atoms with Gasteiger partial charge in [0, 0.05) is 0 Å². The molecule has 100 valence electrons. The minimum atomic E-state index is -4.62. The Morgan fingerprint density at radius 2 is 2.11 bits per heavy atom. The normalized spacial score (nSPS) is 13.2. The first-order valence-electron chi connectivity index (χ1n) is 4.98. The van der Waals surface area contributed by atoms with Crippen molar-refractivity contribution in [3.63, 3.8) is 0 Å². The molecule has 0 amide bonds. The summed E-state index contributed by atoms with van der Waals surface area (Å²) in [6.07, 6.45) is -4.94. The summed E-state index contributed by atoms with van der Waals surface area (Å²) in [5.41, 5.74) is 4.23. The maximum absolute atomic E-state index is 12.7. The molecule has 1 aromatic rings.